The van der Waals surface area contributed by atoms with Crippen molar-refractivity contribution in [2.75, 3.05) is 6.54 Å². The van der Waals surface area contributed by atoms with Crippen molar-refractivity contribution in [3.05, 3.63) is 33.4 Å². The molecule has 0 aromatic heterocycles. The highest BCUT2D eigenvalue weighted by molar-refractivity contribution is 14.1. The minimum Gasteiger partial charge on any atom is -0.314 e. The Bertz CT molecular complexity index is 381. The van der Waals surface area contributed by atoms with Gasteiger partial charge in [-0.1, -0.05) is 51.2 Å². The van der Waals surface area contributed by atoms with Crippen LogP contribution < -0.4 is 5.32 Å². The van der Waals surface area contributed by atoms with E-state index < -0.39 is 0 Å². The fraction of sp³-hybridized carbons (Fsp3) is 0.684. The maximum absolute atomic E-state index is 3.77. The molecule has 1 aromatic rings. The molecular weight excluding hydrogens is 369 g/mol. The van der Waals surface area contributed by atoms with Crippen LogP contribution >= 0.6 is 22.6 Å². The smallest absolute Gasteiger partial charge is 0.0130 e. The molecule has 2 rings (SSSR count). The number of halogens is 1. The Kier molecular flexibility index (Phi) is 8.08. The van der Waals surface area contributed by atoms with Crippen LogP contribution in [0, 0.1) is 9.49 Å². The maximum Gasteiger partial charge on any atom is 0.0130 e. The van der Waals surface area contributed by atoms with Crippen molar-refractivity contribution in [2.45, 2.75) is 70.8 Å². The van der Waals surface area contributed by atoms with E-state index >= 15 is 0 Å². The average molecular weight is 399 g/mol. The van der Waals surface area contributed by atoms with Gasteiger partial charge < -0.3 is 5.32 Å². The first-order valence-corrected chi connectivity index (χ1v) is 9.83. The zero-order valence-electron chi connectivity index (χ0n) is 13.4. The van der Waals surface area contributed by atoms with Gasteiger partial charge in [-0.15, -0.1) is 0 Å². The molecule has 1 nitrogen and oxygen atoms in total. The third-order valence-electron chi connectivity index (χ3n) is 4.73. The first-order valence-electron chi connectivity index (χ1n) is 8.75. The van der Waals surface area contributed by atoms with Crippen molar-refractivity contribution in [3.63, 3.8) is 0 Å². The Morgan fingerprint density at radius 2 is 1.86 bits per heavy atom. The van der Waals surface area contributed by atoms with Crippen LogP contribution in [0.1, 0.15) is 63.9 Å². The molecule has 0 spiro atoms. The molecule has 1 aromatic carbocycles. The Morgan fingerprint density at radius 1 is 1.14 bits per heavy atom. The van der Waals surface area contributed by atoms with Crippen LogP contribution in [-0.4, -0.2) is 12.6 Å². The highest BCUT2D eigenvalue weighted by Crippen LogP contribution is 2.28. The summed E-state index contributed by atoms with van der Waals surface area (Å²) < 4.78 is 1.33. The van der Waals surface area contributed by atoms with E-state index in [0.29, 0.717) is 6.04 Å². The van der Waals surface area contributed by atoms with Crippen LogP contribution in [0.5, 0.6) is 0 Å². The molecule has 1 atom stereocenters. The van der Waals surface area contributed by atoms with Crippen molar-refractivity contribution >= 4 is 22.6 Å². The van der Waals surface area contributed by atoms with Gasteiger partial charge in [-0.25, -0.2) is 0 Å². The van der Waals surface area contributed by atoms with Crippen molar-refractivity contribution in [1.29, 1.82) is 0 Å². The molecule has 1 aliphatic rings. The van der Waals surface area contributed by atoms with E-state index in [9.17, 15) is 0 Å². The van der Waals surface area contributed by atoms with E-state index in [0.717, 1.165) is 12.5 Å². The zero-order valence-corrected chi connectivity index (χ0v) is 15.6. The quantitative estimate of drug-likeness (QED) is 0.564. The van der Waals surface area contributed by atoms with E-state index in [1.807, 2.05) is 0 Å². The van der Waals surface area contributed by atoms with Gasteiger partial charge in [0.1, 0.15) is 0 Å². The number of hydrogen-bond donors (Lipinski definition) is 1. The molecule has 1 unspecified atom stereocenters. The Morgan fingerprint density at radius 3 is 2.52 bits per heavy atom. The monoisotopic (exact) mass is 399 g/mol. The van der Waals surface area contributed by atoms with E-state index in [1.54, 1.807) is 0 Å². The van der Waals surface area contributed by atoms with Gasteiger partial charge in [-0.05, 0) is 78.4 Å². The lowest BCUT2D eigenvalue weighted by Crippen LogP contribution is -2.32. The highest BCUT2D eigenvalue weighted by Gasteiger charge is 2.16. The second kappa shape index (κ2) is 9.83. The fourth-order valence-corrected chi connectivity index (χ4v) is 3.80. The Hall–Kier alpha value is -0.0900. The van der Waals surface area contributed by atoms with E-state index in [2.05, 4.69) is 59.1 Å². The van der Waals surface area contributed by atoms with Crippen molar-refractivity contribution in [2.24, 2.45) is 5.92 Å². The summed E-state index contributed by atoms with van der Waals surface area (Å²) in [4.78, 5) is 0. The molecule has 0 amide bonds. The molecule has 1 N–H and O–H groups in total. The zero-order chi connectivity index (χ0) is 14.9. The van der Waals surface area contributed by atoms with Crippen molar-refractivity contribution in [3.8, 4) is 0 Å². The first kappa shape index (κ1) is 17.3. The molecule has 0 saturated heterocycles. The van der Waals surface area contributed by atoms with Gasteiger partial charge in [0.25, 0.3) is 0 Å². The Balaban J connectivity index is 1.82. The van der Waals surface area contributed by atoms with Gasteiger partial charge >= 0.3 is 0 Å². The summed E-state index contributed by atoms with van der Waals surface area (Å²) in [6, 6.07) is 9.71. The predicted molar refractivity (Wildman–Crippen MR) is 101 cm³/mol. The van der Waals surface area contributed by atoms with Gasteiger partial charge in [0.2, 0.25) is 0 Å². The summed E-state index contributed by atoms with van der Waals surface area (Å²) in [6.45, 7) is 3.41. The molecule has 0 radical (unpaired) electrons. The van der Waals surface area contributed by atoms with Crippen molar-refractivity contribution in [1.82, 2.24) is 5.32 Å². The SMILES string of the molecule is CCCNC(CCC1CCCCC1)Cc1ccc(I)cc1. The summed E-state index contributed by atoms with van der Waals surface area (Å²) in [6.07, 6.45) is 12.5. The van der Waals surface area contributed by atoms with Gasteiger partial charge in [0, 0.05) is 9.61 Å². The fourth-order valence-electron chi connectivity index (χ4n) is 3.44. The highest BCUT2D eigenvalue weighted by atomic mass is 127. The molecule has 118 valence electrons. The van der Waals surface area contributed by atoms with Crippen LogP contribution in [0.15, 0.2) is 24.3 Å². The minimum atomic E-state index is 0.659. The average Bonchev–Trinajstić information content (AvgIpc) is 2.53. The standard InChI is InChI=1S/C19H30IN/c1-2-14-21-19(13-10-16-6-4-3-5-7-16)15-17-8-11-18(20)12-9-17/h8-9,11-12,16,19,21H,2-7,10,13-15H2,1H3. The van der Waals surface area contributed by atoms with Gasteiger partial charge in [-0.3, -0.25) is 0 Å². The maximum atomic E-state index is 3.77. The summed E-state index contributed by atoms with van der Waals surface area (Å²) >= 11 is 2.38. The van der Waals surface area contributed by atoms with Crippen LogP contribution in [0.25, 0.3) is 0 Å². The molecule has 0 aliphatic heterocycles. The third-order valence-corrected chi connectivity index (χ3v) is 5.45. The molecule has 1 fully saturated rings. The number of rotatable bonds is 8. The van der Waals surface area contributed by atoms with Crippen LogP contribution in [0.2, 0.25) is 0 Å². The Labute approximate surface area is 144 Å². The minimum absolute atomic E-state index is 0.659. The molecule has 1 aliphatic carbocycles. The number of hydrogen-bond acceptors (Lipinski definition) is 1. The second-order valence-corrected chi connectivity index (χ2v) is 7.81. The molecule has 1 saturated carbocycles. The largest absolute Gasteiger partial charge is 0.314 e. The lowest BCUT2D eigenvalue weighted by molar-refractivity contribution is 0.312. The predicted octanol–water partition coefficient (Wildman–Crippen LogP) is 5.56. The van der Waals surface area contributed by atoms with Gasteiger partial charge in [0.15, 0.2) is 0 Å². The molecule has 21 heavy (non-hydrogen) atoms. The van der Waals surface area contributed by atoms with E-state index in [-0.39, 0.29) is 0 Å². The number of benzene rings is 1. The van der Waals surface area contributed by atoms with E-state index in [1.165, 1.54) is 66.9 Å². The number of nitrogens with one attached hydrogen (secondary N) is 1. The van der Waals surface area contributed by atoms with Crippen LogP contribution in [0.3, 0.4) is 0 Å². The topological polar surface area (TPSA) is 12.0 Å². The van der Waals surface area contributed by atoms with E-state index in [4.69, 9.17) is 0 Å². The normalized spacial score (nSPS) is 17.8. The molecule has 0 bridgehead atoms. The summed E-state index contributed by atoms with van der Waals surface area (Å²) in [5.41, 5.74) is 1.48. The summed E-state index contributed by atoms with van der Waals surface area (Å²) in [5.74, 6) is 1.00. The summed E-state index contributed by atoms with van der Waals surface area (Å²) in [7, 11) is 0. The third kappa shape index (κ3) is 6.68. The van der Waals surface area contributed by atoms with Crippen LogP contribution in [-0.2, 0) is 6.42 Å². The van der Waals surface area contributed by atoms with Gasteiger partial charge in [0.05, 0.1) is 0 Å². The first-order chi connectivity index (χ1) is 10.3. The molecule has 2 heteroatoms. The molecular formula is C19H30IN. The lowest BCUT2D eigenvalue weighted by Gasteiger charge is -2.25. The second-order valence-electron chi connectivity index (χ2n) is 6.56. The van der Waals surface area contributed by atoms with Crippen LogP contribution in [0.4, 0.5) is 0 Å². The lowest BCUT2D eigenvalue weighted by atomic mass is 9.84. The molecule has 0 heterocycles. The summed E-state index contributed by atoms with van der Waals surface area (Å²) in [5, 5.41) is 3.77. The van der Waals surface area contributed by atoms with Gasteiger partial charge in [-0.2, -0.15) is 0 Å². The van der Waals surface area contributed by atoms with Crippen molar-refractivity contribution < 1.29 is 0 Å².